The van der Waals surface area contributed by atoms with Crippen LogP contribution in [0.1, 0.15) is 49.8 Å². The average Bonchev–Trinajstić information content (AvgIpc) is 3.70. The van der Waals surface area contributed by atoms with Gasteiger partial charge in [-0.25, -0.2) is 0 Å². The van der Waals surface area contributed by atoms with E-state index in [-0.39, 0.29) is 24.8 Å². The van der Waals surface area contributed by atoms with E-state index in [1.165, 1.54) is 44.2 Å². The Labute approximate surface area is 263 Å². The van der Waals surface area contributed by atoms with Gasteiger partial charge in [0.05, 0.1) is 0 Å². The fourth-order valence-corrected chi connectivity index (χ4v) is 26.7. The molecule has 2 atom stereocenters. The van der Waals surface area contributed by atoms with Crippen molar-refractivity contribution >= 4 is 43.1 Å². The quantitative estimate of drug-likeness (QED) is 0.166. The fraction of sp³-hybridized carbons (Fsp3) is 0.154. The Morgan fingerprint density at radius 3 is 1.88 bits per heavy atom. The molecule has 212 valence electrons. The van der Waals surface area contributed by atoms with Crippen molar-refractivity contribution in [2.75, 3.05) is 0 Å². The molecule has 0 saturated heterocycles. The summed E-state index contributed by atoms with van der Waals surface area (Å²) in [6, 6.07) is 43.3. The van der Waals surface area contributed by atoms with Crippen molar-refractivity contribution < 1.29 is 18.3 Å². The molecule has 0 aliphatic heterocycles. The first kappa shape index (κ1) is 30.6. The molecular weight excluding hydrogens is 631 g/mol. The third kappa shape index (κ3) is 4.31. The summed E-state index contributed by atoms with van der Waals surface area (Å²) in [5, 5.41) is 2.82. The van der Waals surface area contributed by atoms with Gasteiger partial charge < -0.3 is 0 Å². The van der Waals surface area contributed by atoms with Crippen LogP contribution in [-0.4, -0.2) is 4.21 Å². The van der Waals surface area contributed by atoms with Crippen LogP contribution in [0, 0.1) is 0 Å². The standard InChI is InChI=1S/C17H11.2C8H9.C5H5.CH2.2ClH.Zr/c1-3-7-14-12(5-1)9-10-16-15-8-4-2-6-13(15)11-17(14)16;2*1-2-8-6-4-3-5-7-8;1-2-4-5-3-1;;;;/h1-6,8-10H,11H2;2*2-7H,1H3;1-3H,4H2;1H2;2*1H;. The zero-order valence-electron chi connectivity index (χ0n) is 24.3. The number of allylic oxidation sites excluding steroid dienone is 4. The number of rotatable bonds is 6. The molecule has 7 rings (SSSR count). The zero-order valence-corrected chi connectivity index (χ0v) is 28.4. The van der Waals surface area contributed by atoms with Crippen LogP contribution < -0.4 is 3.27 Å². The van der Waals surface area contributed by atoms with Crippen molar-refractivity contribution in [3.8, 4) is 11.1 Å². The Bertz CT molecular complexity index is 1830. The van der Waals surface area contributed by atoms with Crippen LogP contribution in [0.25, 0.3) is 21.9 Å². The molecule has 0 spiro atoms. The Morgan fingerprint density at radius 2 is 1.26 bits per heavy atom. The third-order valence-corrected chi connectivity index (χ3v) is 30.7. The van der Waals surface area contributed by atoms with Gasteiger partial charge in [0.1, 0.15) is 0 Å². The van der Waals surface area contributed by atoms with Crippen molar-refractivity contribution in [1.29, 1.82) is 0 Å². The van der Waals surface area contributed by atoms with Crippen LogP contribution in [0.15, 0.2) is 137 Å². The molecular formula is C39H38Cl2Zr. The number of hydrogen-bond donors (Lipinski definition) is 0. The van der Waals surface area contributed by atoms with E-state index in [9.17, 15) is 0 Å². The topological polar surface area (TPSA) is 0 Å². The molecule has 2 unspecified atom stereocenters. The molecule has 0 aromatic heterocycles. The Hall–Kier alpha value is -2.83. The maximum atomic E-state index is 5.73. The first-order chi connectivity index (χ1) is 19.5. The molecule has 0 bridgehead atoms. The second-order valence-electron chi connectivity index (χ2n) is 12.0. The fourth-order valence-electron chi connectivity index (χ4n) is 8.21. The molecule has 0 nitrogen and oxygen atoms in total. The average molecular weight is 669 g/mol. The Morgan fingerprint density at radius 1 is 0.643 bits per heavy atom. The van der Waals surface area contributed by atoms with Gasteiger partial charge in [0.25, 0.3) is 0 Å². The van der Waals surface area contributed by atoms with Gasteiger partial charge in [-0.2, -0.15) is 0 Å². The van der Waals surface area contributed by atoms with Gasteiger partial charge in [0, 0.05) is 0 Å². The van der Waals surface area contributed by atoms with E-state index in [1.54, 1.807) is 6.55 Å². The molecule has 0 amide bonds. The van der Waals surface area contributed by atoms with Gasteiger partial charge in [-0.15, -0.1) is 24.8 Å². The number of hydrogen-bond acceptors (Lipinski definition) is 0. The minimum absolute atomic E-state index is 0. The molecule has 0 saturated carbocycles. The number of halogens is 2. The zero-order chi connectivity index (χ0) is 27.3. The number of fused-ring (bicyclic) bond motifs is 5. The van der Waals surface area contributed by atoms with Crippen LogP contribution in [0.4, 0.5) is 0 Å². The molecule has 3 heteroatoms. The van der Waals surface area contributed by atoms with Crippen LogP contribution in [0.5, 0.6) is 0 Å². The predicted molar refractivity (Wildman–Crippen MR) is 185 cm³/mol. The molecule has 5 aromatic rings. The van der Waals surface area contributed by atoms with Crippen LogP contribution >= 0.6 is 24.8 Å². The second kappa shape index (κ2) is 11.7. The summed E-state index contributed by atoms with van der Waals surface area (Å²) in [5.41, 5.74) is 8.54. The first-order valence-corrected chi connectivity index (χ1v) is 21.7. The van der Waals surface area contributed by atoms with Gasteiger partial charge in [0.15, 0.2) is 0 Å². The predicted octanol–water partition coefficient (Wildman–Crippen LogP) is 10.4. The van der Waals surface area contributed by atoms with Crippen LogP contribution in [0.2, 0.25) is 0 Å². The monoisotopic (exact) mass is 666 g/mol. The van der Waals surface area contributed by atoms with E-state index in [2.05, 4.69) is 147 Å². The molecule has 0 N–H and O–H groups in total. The van der Waals surface area contributed by atoms with Crippen molar-refractivity contribution in [2.45, 2.75) is 33.9 Å². The van der Waals surface area contributed by atoms with Crippen molar-refractivity contribution in [3.63, 3.8) is 0 Å². The van der Waals surface area contributed by atoms with Crippen LogP contribution in [0.3, 0.4) is 0 Å². The SMILES string of the molecule is Cl.Cl.[CH2]=[Zr]([C]1=CC=CC1)([c]1cccc2ccc3c(c12)Cc1ccccc1-3)([CH](C)c1ccccc1)[CH](C)c1ccccc1. The summed E-state index contributed by atoms with van der Waals surface area (Å²) in [6.07, 6.45) is 9.08. The third-order valence-electron chi connectivity index (χ3n) is 10.6. The van der Waals surface area contributed by atoms with E-state index >= 15 is 0 Å². The summed E-state index contributed by atoms with van der Waals surface area (Å²) >= 11 is -4.57. The van der Waals surface area contributed by atoms with Crippen LogP contribution in [-0.2, 0) is 24.7 Å². The minimum atomic E-state index is -4.57. The van der Waals surface area contributed by atoms with Gasteiger partial charge in [-0.3, -0.25) is 0 Å². The van der Waals surface area contributed by atoms with Gasteiger partial charge in [0.2, 0.25) is 0 Å². The van der Waals surface area contributed by atoms with Crippen molar-refractivity contribution in [2.24, 2.45) is 0 Å². The molecule has 42 heavy (non-hydrogen) atoms. The Balaban J connectivity index is 0.00000176. The molecule has 0 fully saturated rings. The molecule has 2 aliphatic rings. The van der Waals surface area contributed by atoms with E-state index in [1.807, 2.05) is 0 Å². The van der Waals surface area contributed by atoms with Gasteiger partial charge in [-0.1, -0.05) is 0 Å². The summed E-state index contributed by atoms with van der Waals surface area (Å²) in [6.45, 7) is 5.01. The van der Waals surface area contributed by atoms with E-state index in [0.29, 0.717) is 7.25 Å². The van der Waals surface area contributed by atoms with Crippen molar-refractivity contribution in [1.82, 2.24) is 0 Å². The molecule has 0 radical (unpaired) electrons. The summed E-state index contributed by atoms with van der Waals surface area (Å²) in [7, 11) is 0. The van der Waals surface area contributed by atoms with Gasteiger partial charge in [-0.05, 0) is 0 Å². The van der Waals surface area contributed by atoms with Gasteiger partial charge >= 0.3 is 241 Å². The van der Waals surface area contributed by atoms with E-state index in [4.69, 9.17) is 4.21 Å². The summed E-state index contributed by atoms with van der Waals surface area (Å²) < 4.78 is 9.50. The number of benzene rings is 5. The van der Waals surface area contributed by atoms with Crippen molar-refractivity contribution in [3.05, 3.63) is 159 Å². The first-order valence-electron chi connectivity index (χ1n) is 14.6. The Kier molecular flexibility index (Phi) is 8.52. The van der Waals surface area contributed by atoms with E-state index < -0.39 is 18.3 Å². The summed E-state index contributed by atoms with van der Waals surface area (Å²) in [4.78, 5) is 0. The molecule has 2 aliphatic carbocycles. The maximum absolute atomic E-state index is 5.73. The molecule has 5 aromatic carbocycles. The second-order valence-corrected chi connectivity index (χ2v) is 27.2. The molecule has 0 heterocycles. The normalized spacial score (nSPS) is 15.2. The summed E-state index contributed by atoms with van der Waals surface area (Å²) in [5.74, 6) is 0. The van der Waals surface area contributed by atoms with E-state index in [0.717, 1.165) is 12.8 Å².